The van der Waals surface area contributed by atoms with Crippen molar-refractivity contribution in [2.45, 2.75) is 20.0 Å². The topological polar surface area (TPSA) is 20.2 Å². The van der Waals surface area contributed by atoms with E-state index >= 15 is 0 Å². The lowest BCUT2D eigenvalue weighted by molar-refractivity contribution is 0.193. The van der Waals surface area contributed by atoms with E-state index in [0.717, 1.165) is 6.07 Å². The Balaban J connectivity index is 3.28. The lowest BCUT2D eigenvalue weighted by Gasteiger charge is -2.09. The summed E-state index contributed by atoms with van der Waals surface area (Å²) in [7, 11) is 0. The molecule has 3 heteroatoms. The molecular weight excluding hydrogens is 162 g/mol. The smallest absolute Gasteiger partial charge is 0.132 e. The predicted octanol–water partition coefficient (Wildman–Crippen LogP) is 2.33. The molecule has 0 aliphatic heterocycles. The number of halogens is 2. The fourth-order valence-corrected chi connectivity index (χ4v) is 1.24. The third kappa shape index (κ3) is 1.61. The van der Waals surface area contributed by atoms with Gasteiger partial charge in [-0.05, 0) is 25.5 Å². The average Bonchev–Trinajstić information content (AvgIpc) is 1.82. The first-order valence-corrected chi connectivity index (χ1v) is 3.66. The second kappa shape index (κ2) is 3.19. The van der Waals surface area contributed by atoms with Gasteiger partial charge in [0.05, 0.1) is 6.10 Å². The van der Waals surface area contributed by atoms with Gasteiger partial charge < -0.3 is 5.11 Å². The molecule has 1 aromatic rings. The van der Waals surface area contributed by atoms with Gasteiger partial charge >= 0.3 is 0 Å². The maximum absolute atomic E-state index is 13.0. The predicted molar refractivity (Wildman–Crippen MR) is 41.7 cm³/mol. The van der Waals surface area contributed by atoms with Gasteiger partial charge in [0.25, 0.3) is 0 Å². The zero-order valence-corrected chi connectivity index (χ0v) is 6.94. The van der Waals surface area contributed by atoms with Gasteiger partial charge in [0.1, 0.15) is 11.6 Å². The lowest BCUT2D eigenvalue weighted by Crippen LogP contribution is -2.00. The Bertz CT molecular complexity index is 272. The van der Waals surface area contributed by atoms with Crippen LogP contribution in [-0.4, -0.2) is 5.11 Å². The van der Waals surface area contributed by atoms with Gasteiger partial charge in [-0.25, -0.2) is 8.78 Å². The summed E-state index contributed by atoms with van der Waals surface area (Å²) < 4.78 is 25.5. The number of aliphatic hydroxyl groups is 1. The number of aryl methyl sites for hydroxylation is 1. The molecule has 1 aromatic carbocycles. The molecule has 0 heterocycles. The Morgan fingerprint density at radius 1 is 1.33 bits per heavy atom. The lowest BCUT2D eigenvalue weighted by atomic mass is 10.0. The molecule has 66 valence electrons. The molecule has 0 spiro atoms. The zero-order valence-electron chi connectivity index (χ0n) is 6.94. The van der Waals surface area contributed by atoms with Crippen molar-refractivity contribution in [3.8, 4) is 0 Å². The largest absolute Gasteiger partial charge is 0.389 e. The normalized spacial score (nSPS) is 13.1. The first-order chi connectivity index (χ1) is 5.52. The molecule has 0 saturated carbocycles. The molecule has 1 nitrogen and oxygen atoms in total. The zero-order chi connectivity index (χ0) is 9.30. The van der Waals surface area contributed by atoms with Crippen LogP contribution in [0.4, 0.5) is 8.78 Å². The molecule has 0 saturated heterocycles. The first-order valence-electron chi connectivity index (χ1n) is 3.66. The van der Waals surface area contributed by atoms with Crippen LogP contribution in [-0.2, 0) is 0 Å². The van der Waals surface area contributed by atoms with E-state index in [2.05, 4.69) is 0 Å². The molecule has 0 bridgehead atoms. The maximum atomic E-state index is 13.0. The van der Waals surface area contributed by atoms with Gasteiger partial charge in [-0.1, -0.05) is 0 Å². The van der Waals surface area contributed by atoms with Crippen molar-refractivity contribution >= 4 is 0 Å². The van der Waals surface area contributed by atoms with Crippen molar-refractivity contribution in [2.75, 3.05) is 0 Å². The summed E-state index contributed by atoms with van der Waals surface area (Å²) >= 11 is 0. The van der Waals surface area contributed by atoms with Crippen molar-refractivity contribution in [1.82, 2.24) is 0 Å². The molecule has 0 fully saturated rings. The van der Waals surface area contributed by atoms with Gasteiger partial charge in [0, 0.05) is 11.6 Å². The third-order valence-corrected chi connectivity index (χ3v) is 1.72. The fraction of sp³-hybridized carbons (Fsp3) is 0.333. The standard InChI is InChI=1S/C9H10F2O/c1-5-3-7(10)4-8(11)9(5)6(2)12/h3-4,6,12H,1-2H3. The number of hydrogen-bond donors (Lipinski definition) is 1. The van der Waals surface area contributed by atoms with E-state index in [0.29, 0.717) is 5.56 Å². The SMILES string of the molecule is Cc1cc(F)cc(F)c1C(C)O. The first kappa shape index (κ1) is 9.13. The van der Waals surface area contributed by atoms with Crippen LogP contribution in [0.2, 0.25) is 0 Å². The molecule has 0 aliphatic rings. The number of aliphatic hydroxyl groups excluding tert-OH is 1. The highest BCUT2D eigenvalue weighted by Crippen LogP contribution is 2.21. The Hall–Kier alpha value is -0.960. The number of benzene rings is 1. The summed E-state index contributed by atoms with van der Waals surface area (Å²) in [6.45, 7) is 3.01. The summed E-state index contributed by atoms with van der Waals surface area (Å²) in [6.07, 6.45) is -0.898. The second-order valence-electron chi connectivity index (χ2n) is 2.79. The highest BCUT2D eigenvalue weighted by Gasteiger charge is 2.12. The molecule has 1 atom stereocenters. The molecule has 1 rings (SSSR count). The van der Waals surface area contributed by atoms with E-state index in [9.17, 15) is 8.78 Å². The minimum Gasteiger partial charge on any atom is -0.389 e. The van der Waals surface area contributed by atoms with Crippen molar-refractivity contribution in [3.05, 3.63) is 34.9 Å². The van der Waals surface area contributed by atoms with Crippen LogP contribution in [0.5, 0.6) is 0 Å². The Labute approximate surface area is 69.7 Å². The molecular formula is C9H10F2O. The Morgan fingerprint density at radius 2 is 1.92 bits per heavy atom. The van der Waals surface area contributed by atoms with E-state index in [1.54, 1.807) is 6.92 Å². The van der Waals surface area contributed by atoms with Crippen LogP contribution in [0.3, 0.4) is 0 Å². The van der Waals surface area contributed by atoms with Crippen LogP contribution in [0.25, 0.3) is 0 Å². The van der Waals surface area contributed by atoms with Crippen molar-refractivity contribution < 1.29 is 13.9 Å². The molecule has 12 heavy (non-hydrogen) atoms. The third-order valence-electron chi connectivity index (χ3n) is 1.72. The van der Waals surface area contributed by atoms with Gasteiger partial charge in [-0.2, -0.15) is 0 Å². The number of hydrogen-bond acceptors (Lipinski definition) is 1. The highest BCUT2D eigenvalue weighted by atomic mass is 19.1. The maximum Gasteiger partial charge on any atom is 0.132 e. The van der Waals surface area contributed by atoms with E-state index in [1.165, 1.54) is 13.0 Å². The van der Waals surface area contributed by atoms with Gasteiger partial charge in [-0.3, -0.25) is 0 Å². The number of rotatable bonds is 1. The Morgan fingerprint density at radius 3 is 2.33 bits per heavy atom. The van der Waals surface area contributed by atoms with E-state index in [-0.39, 0.29) is 5.56 Å². The average molecular weight is 172 g/mol. The van der Waals surface area contributed by atoms with E-state index in [4.69, 9.17) is 5.11 Å². The molecule has 1 N–H and O–H groups in total. The van der Waals surface area contributed by atoms with Gasteiger partial charge in [0.15, 0.2) is 0 Å². The molecule has 0 aromatic heterocycles. The highest BCUT2D eigenvalue weighted by molar-refractivity contribution is 5.29. The quantitative estimate of drug-likeness (QED) is 0.689. The minimum absolute atomic E-state index is 0.163. The molecule has 0 radical (unpaired) electrons. The van der Waals surface area contributed by atoms with Crippen LogP contribution >= 0.6 is 0 Å². The molecule has 1 unspecified atom stereocenters. The van der Waals surface area contributed by atoms with E-state index < -0.39 is 17.7 Å². The Kier molecular flexibility index (Phi) is 2.43. The van der Waals surface area contributed by atoms with Crippen LogP contribution in [0.1, 0.15) is 24.2 Å². The summed E-state index contributed by atoms with van der Waals surface area (Å²) in [5.41, 5.74) is 0.596. The molecule has 0 aliphatic carbocycles. The van der Waals surface area contributed by atoms with Crippen LogP contribution in [0.15, 0.2) is 12.1 Å². The summed E-state index contributed by atoms with van der Waals surface area (Å²) in [4.78, 5) is 0. The summed E-state index contributed by atoms with van der Waals surface area (Å²) in [6, 6.07) is 1.97. The monoisotopic (exact) mass is 172 g/mol. The van der Waals surface area contributed by atoms with Crippen molar-refractivity contribution in [2.24, 2.45) is 0 Å². The van der Waals surface area contributed by atoms with Crippen LogP contribution < -0.4 is 0 Å². The minimum atomic E-state index is -0.898. The second-order valence-corrected chi connectivity index (χ2v) is 2.79. The fourth-order valence-electron chi connectivity index (χ4n) is 1.24. The summed E-state index contributed by atoms with van der Waals surface area (Å²) in [5.74, 6) is -1.31. The van der Waals surface area contributed by atoms with E-state index in [1.807, 2.05) is 0 Å². The van der Waals surface area contributed by atoms with Crippen LogP contribution in [0, 0.1) is 18.6 Å². The van der Waals surface area contributed by atoms with Gasteiger partial charge in [0.2, 0.25) is 0 Å². The van der Waals surface area contributed by atoms with Crippen molar-refractivity contribution in [1.29, 1.82) is 0 Å². The molecule has 0 amide bonds. The van der Waals surface area contributed by atoms with Crippen molar-refractivity contribution in [3.63, 3.8) is 0 Å². The van der Waals surface area contributed by atoms with Gasteiger partial charge in [-0.15, -0.1) is 0 Å². The summed E-state index contributed by atoms with van der Waals surface area (Å²) in [5, 5.41) is 9.11.